The molecule has 0 aliphatic carbocycles. The highest BCUT2D eigenvalue weighted by atomic mass is 32.2. The van der Waals surface area contributed by atoms with Crippen LogP contribution in [0.5, 0.6) is 0 Å². The van der Waals surface area contributed by atoms with Crippen LogP contribution in [0, 0.1) is 5.82 Å². The number of benzene rings is 3. The fourth-order valence-electron chi connectivity index (χ4n) is 3.19. The molecule has 6 heteroatoms. The second kappa shape index (κ2) is 9.24. The Morgan fingerprint density at radius 3 is 2.67 bits per heavy atom. The van der Waals surface area contributed by atoms with Crippen molar-refractivity contribution in [3.8, 4) is 0 Å². The third-order valence-electron chi connectivity index (χ3n) is 4.67. The molecule has 0 saturated heterocycles. The molecule has 0 unspecified atom stereocenters. The lowest BCUT2D eigenvalue weighted by Gasteiger charge is -2.09. The number of rotatable bonds is 6. The maximum absolute atomic E-state index is 13.5. The van der Waals surface area contributed by atoms with E-state index < -0.39 is 0 Å². The minimum Gasteiger partial charge on any atom is -0.380 e. The number of halogens is 1. The average Bonchev–Trinajstić information content (AvgIpc) is 2.93. The van der Waals surface area contributed by atoms with Gasteiger partial charge in [0.25, 0.3) is 5.91 Å². The molecule has 0 spiro atoms. The van der Waals surface area contributed by atoms with Crippen molar-refractivity contribution in [3.63, 3.8) is 0 Å². The largest absolute Gasteiger partial charge is 0.380 e. The summed E-state index contributed by atoms with van der Waals surface area (Å²) >= 11 is 1.61. The zero-order valence-corrected chi connectivity index (χ0v) is 17.3. The summed E-state index contributed by atoms with van der Waals surface area (Å²) < 4.78 is 18.7. The number of ether oxygens (including phenoxy) is 1. The Kier molecular flexibility index (Phi) is 6.26. The second-order valence-electron chi connectivity index (χ2n) is 6.70. The first kappa shape index (κ1) is 20.3. The Bertz CT molecular complexity index is 1100. The standard InChI is InChI=1S/C24H21FN2O2S/c1-2-29-14-13-26-24(28)17-9-12-22-20(15-17)27-23(16-7-10-18(25)11-8-16)19-5-3-4-6-21(19)30-22/h3-12,15H,2,13-14H2,1H3,(H,26,28). The zero-order valence-electron chi connectivity index (χ0n) is 16.5. The minimum atomic E-state index is -0.290. The van der Waals surface area contributed by atoms with E-state index in [9.17, 15) is 9.18 Å². The van der Waals surface area contributed by atoms with Crippen LogP contribution in [-0.4, -0.2) is 31.4 Å². The normalized spacial score (nSPS) is 12.4. The number of nitrogens with zero attached hydrogens (tertiary/aromatic N) is 1. The molecular weight excluding hydrogens is 399 g/mol. The summed E-state index contributed by atoms with van der Waals surface area (Å²) in [5, 5.41) is 2.86. The van der Waals surface area contributed by atoms with E-state index in [-0.39, 0.29) is 11.7 Å². The molecule has 0 atom stereocenters. The maximum atomic E-state index is 13.5. The molecular formula is C24H21FN2O2S. The maximum Gasteiger partial charge on any atom is 0.251 e. The predicted octanol–water partition coefficient (Wildman–Crippen LogP) is 5.23. The summed E-state index contributed by atoms with van der Waals surface area (Å²) in [7, 11) is 0. The van der Waals surface area contributed by atoms with Gasteiger partial charge in [0, 0.05) is 39.6 Å². The summed E-state index contributed by atoms with van der Waals surface area (Å²) in [4.78, 5) is 19.5. The van der Waals surface area contributed by atoms with Crippen molar-refractivity contribution >= 4 is 29.1 Å². The number of nitrogens with one attached hydrogen (secondary N) is 1. The van der Waals surface area contributed by atoms with E-state index in [2.05, 4.69) is 5.32 Å². The SMILES string of the molecule is CCOCCNC(=O)c1ccc2c(c1)N=C(c1ccc(F)cc1)c1ccccc1S2. The number of hydrogen-bond acceptors (Lipinski definition) is 4. The van der Waals surface area contributed by atoms with Crippen LogP contribution >= 0.6 is 11.8 Å². The van der Waals surface area contributed by atoms with Gasteiger partial charge >= 0.3 is 0 Å². The molecule has 0 radical (unpaired) electrons. The summed E-state index contributed by atoms with van der Waals surface area (Å²) in [6.45, 7) is 3.47. The van der Waals surface area contributed by atoms with Crippen molar-refractivity contribution < 1.29 is 13.9 Å². The lowest BCUT2D eigenvalue weighted by molar-refractivity contribution is 0.0922. The van der Waals surface area contributed by atoms with Crippen molar-refractivity contribution in [2.24, 2.45) is 4.99 Å². The summed E-state index contributed by atoms with van der Waals surface area (Å²) in [6, 6.07) is 19.9. The van der Waals surface area contributed by atoms with E-state index >= 15 is 0 Å². The lowest BCUT2D eigenvalue weighted by Crippen LogP contribution is -2.27. The van der Waals surface area contributed by atoms with Gasteiger partial charge in [0.05, 0.1) is 18.0 Å². The Morgan fingerprint density at radius 2 is 1.87 bits per heavy atom. The Labute approximate surface area is 179 Å². The van der Waals surface area contributed by atoms with E-state index in [0.29, 0.717) is 31.0 Å². The van der Waals surface area contributed by atoms with Crippen molar-refractivity contribution in [3.05, 3.63) is 89.2 Å². The van der Waals surface area contributed by atoms with Gasteiger partial charge < -0.3 is 10.1 Å². The Morgan fingerprint density at radius 1 is 1.07 bits per heavy atom. The Hall–Kier alpha value is -2.96. The van der Waals surface area contributed by atoms with Gasteiger partial charge in [0.2, 0.25) is 0 Å². The number of amides is 1. The first-order valence-corrected chi connectivity index (χ1v) is 10.6. The highest BCUT2D eigenvalue weighted by Crippen LogP contribution is 2.41. The summed E-state index contributed by atoms with van der Waals surface area (Å²) in [5.74, 6) is -0.454. The van der Waals surface area contributed by atoms with Crippen LogP contribution in [0.3, 0.4) is 0 Å². The summed E-state index contributed by atoms with van der Waals surface area (Å²) in [6.07, 6.45) is 0. The fraction of sp³-hybridized carbons (Fsp3) is 0.167. The number of fused-ring (bicyclic) bond motifs is 2. The highest BCUT2D eigenvalue weighted by Gasteiger charge is 2.20. The van der Waals surface area contributed by atoms with Gasteiger partial charge in [-0.3, -0.25) is 4.79 Å². The van der Waals surface area contributed by atoms with Crippen LogP contribution < -0.4 is 5.32 Å². The number of hydrogen-bond donors (Lipinski definition) is 1. The molecule has 3 aromatic rings. The predicted molar refractivity (Wildman–Crippen MR) is 118 cm³/mol. The number of aliphatic imine (C=N–C) groups is 1. The highest BCUT2D eigenvalue weighted by molar-refractivity contribution is 7.99. The molecule has 0 aromatic heterocycles. The van der Waals surface area contributed by atoms with Crippen molar-refractivity contribution in [1.29, 1.82) is 0 Å². The first-order valence-electron chi connectivity index (χ1n) is 9.77. The Balaban J connectivity index is 1.72. The van der Waals surface area contributed by atoms with Gasteiger partial charge in [-0.1, -0.05) is 30.0 Å². The first-order chi connectivity index (χ1) is 14.7. The third kappa shape index (κ3) is 4.45. The molecule has 4 nitrogen and oxygen atoms in total. The van der Waals surface area contributed by atoms with Gasteiger partial charge in [-0.2, -0.15) is 0 Å². The van der Waals surface area contributed by atoms with Crippen LogP contribution in [0.4, 0.5) is 10.1 Å². The van der Waals surface area contributed by atoms with Crippen LogP contribution in [-0.2, 0) is 4.74 Å². The van der Waals surface area contributed by atoms with Crippen LogP contribution in [0.2, 0.25) is 0 Å². The van der Waals surface area contributed by atoms with Gasteiger partial charge in [-0.15, -0.1) is 0 Å². The third-order valence-corrected chi connectivity index (χ3v) is 5.81. The molecule has 0 fully saturated rings. The molecule has 1 aliphatic heterocycles. The van der Waals surface area contributed by atoms with Gasteiger partial charge in [0.15, 0.2) is 0 Å². The molecule has 4 rings (SSSR count). The van der Waals surface area contributed by atoms with Crippen LogP contribution in [0.15, 0.2) is 81.5 Å². The molecule has 0 bridgehead atoms. The van der Waals surface area contributed by atoms with Crippen LogP contribution in [0.1, 0.15) is 28.4 Å². The average molecular weight is 421 g/mol. The zero-order chi connectivity index (χ0) is 20.9. The molecule has 1 amide bonds. The van der Waals surface area contributed by atoms with E-state index in [4.69, 9.17) is 9.73 Å². The van der Waals surface area contributed by atoms with Gasteiger partial charge in [-0.25, -0.2) is 9.38 Å². The monoisotopic (exact) mass is 420 g/mol. The molecule has 152 valence electrons. The van der Waals surface area contributed by atoms with Gasteiger partial charge in [-0.05, 0) is 55.5 Å². The molecule has 1 heterocycles. The van der Waals surface area contributed by atoms with Crippen molar-refractivity contribution in [2.75, 3.05) is 19.8 Å². The van der Waals surface area contributed by atoms with E-state index in [1.807, 2.05) is 43.3 Å². The smallest absolute Gasteiger partial charge is 0.251 e. The second-order valence-corrected chi connectivity index (χ2v) is 7.78. The molecule has 1 aliphatic rings. The molecule has 1 N–H and O–H groups in total. The quantitative estimate of drug-likeness (QED) is 0.435. The van der Waals surface area contributed by atoms with E-state index in [1.54, 1.807) is 30.0 Å². The van der Waals surface area contributed by atoms with E-state index in [0.717, 1.165) is 26.6 Å². The van der Waals surface area contributed by atoms with Crippen molar-refractivity contribution in [2.45, 2.75) is 16.7 Å². The molecule has 3 aromatic carbocycles. The van der Waals surface area contributed by atoms with Gasteiger partial charge in [0.1, 0.15) is 5.82 Å². The fourth-order valence-corrected chi connectivity index (χ4v) is 4.20. The molecule has 0 saturated carbocycles. The van der Waals surface area contributed by atoms with E-state index in [1.165, 1.54) is 12.1 Å². The van der Waals surface area contributed by atoms with Crippen molar-refractivity contribution in [1.82, 2.24) is 5.32 Å². The topological polar surface area (TPSA) is 50.7 Å². The number of carbonyl (C=O) groups excluding carboxylic acids is 1. The number of carbonyl (C=O) groups is 1. The minimum absolute atomic E-state index is 0.164. The molecule has 30 heavy (non-hydrogen) atoms. The van der Waals surface area contributed by atoms with Crippen LogP contribution in [0.25, 0.3) is 0 Å². The lowest BCUT2D eigenvalue weighted by atomic mass is 10.0. The summed E-state index contributed by atoms with van der Waals surface area (Å²) in [5.41, 5.74) is 3.81.